The Morgan fingerprint density at radius 1 is 0.968 bits per heavy atom. The summed E-state index contributed by atoms with van der Waals surface area (Å²) in [5.41, 5.74) is 0.0908. The quantitative estimate of drug-likeness (QED) is 0.427. The van der Waals surface area contributed by atoms with E-state index >= 15 is 0 Å². The van der Waals surface area contributed by atoms with Gasteiger partial charge in [-0.2, -0.15) is 0 Å². The van der Waals surface area contributed by atoms with E-state index in [2.05, 4.69) is 31.2 Å². The minimum absolute atomic E-state index is 0.143. The van der Waals surface area contributed by atoms with Gasteiger partial charge in [-0.05, 0) is 42.5 Å². The van der Waals surface area contributed by atoms with E-state index in [-0.39, 0.29) is 11.3 Å². The number of carbonyl (C=O) groups is 2. The SMILES string of the molecule is CC12CCC(C(=O)Nc3c(Cl)cccc3Cl)(CC1=NOC(=O)c1ccccc1)C2(C)C. The predicted octanol–water partition coefficient (Wildman–Crippen LogP) is 6.36. The summed E-state index contributed by atoms with van der Waals surface area (Å²) in [7, 11) is 0. The molecule has 7 heteroatoms. The topological polar surface area (TPSA) is 67.8 Å². The molecule has 0 radical (unpaired) electrons. The maximum absolute atomic E-state index is 13.6. The fraction of sp³-hybridized carbons (Fsp3) is 0.375. The first-order valence-electron chi connectivity index (χ1n) is 10.2. The minimum Gasteiger partial charge on any atom is -0.323 e. The lowest BCUT2D eigenvalue weighted by molar-refractivity contribution is -0.130. The number of halogens is 2. The molecule has 0 saturated heterocycles. The van der Waals surface area contributed by atoms with E-state index in [0.29, 0.717) is 34.1 Å². The third kappa shape index (κ3) is 3.26. The van der Waals surface area contributed by atoms with Gasteiger partial charge in [-0.15, -0.1) is 0 Å². The fourth-order valence-electron chi connectivity index (χ4n) is 5.10. The zero-order valence-corrected chi connectivity index (χ0v) is 19.2. The van der Waals surface area contributed by atoms with Gasteiger partial charge in [-0.3, -0.25) is 4.79 Å². The van der Waals surface area contributed by atoms with Crippen molar-refractivity contribution in [2.75, 3.05) is 5.32 Å². The van der Waals surface area contributed by atoms with Gasteiger partial charge in [-0.25, -0.2) is 4.79 Å². The molecule has 1 N–H and O–H groups in total. The van der Waals surface area contributed by atoms with E-state index in [1.807, 2.05) is 6.07 Å². The molecule has 2 aliphatic rings. The first-order chi connectivity index (χ1) is 14.6. The van der Waals surface area contributed by atoms with Crippen molar-refractivity contribution < 1.29 is 14.4 Å². The Morgan fingerprint density at radius 2 is 1.61 bits per heavy atom. The minimum atomic E-state index is -0.706. The normalized spacial score (nSPS) is 27.3. The van der Waals surface area contributed by atoms with Crippen LogP contribution in [0.1, 0.15) is 50.4 Å². The van der Waals surface area contributed by atoms with Crippen LogP contribution in [0.25, 0.3) is 0 Å². The number of para-hydroxylation sites is 1. The van der Waals surface area contributed by atoms with Crippen LogP contribution in [0.15, 0.2) is 53.7 Å². The lowest BCUT2D eigenvalue weighted by Crippen LogP contribution is -2.43. The van der Waals surface area contributed by atoms with Crippen LogP contribution >= 0.6 is 23.2 Å². The van der Waals surface area contributed by atoms with Crippen LogP contribution in [0.2, 0.25) is 10.0 Å². The number of oxime groups is 1. The molecule has 0 aliphatic heterocycles. The number of fused-ring (bicyclic) bond motifs is 2. The van der Waals surface area contributed by atoms with E-state index in [9.17, 15) is 9.59 Å². The Labute approximate surface area is 191 Å². The first kappa shape index (κ1) is 21.8. The van der Waals surface area contributed by atoms with Gasteiger partial charge in [0, 0.05) is 11.8 Å². The molecule has 2 atom stereocenters. The third-order valence-corrected chi connectivity index (χ3v) is 8.25. The maximum atomic E-state index is 13.6. The fourth-order valence-corrected chi connectivity index (χ4v) is 5.59. The Kier molecular flexibility index (Phi) is 5.39. The van der Waals surface area contributed by atoms with Crippen LogP contribution in [0, 0.1) is 16.2 Å². The van der Waals surface area contributed by atoms with Gasteiger partial charge >= 0.3 is 5.97 Å². The molecule has 2 fully saturated rings. The standard InChI is InChI=1S/C24H24Cl2N2O3/c1-22(2)23(3)12-13-24(22,21(30)27-19-16(25)10-7-11-17(19)26)14-18(23)28-31-20(29)15-8-5-4-6-9-15/h4-11H,12-14H2,1-3H3,(H,27,30). The van der Waals surface area contributed by atoms with Gasteiger partial charge in [0.2, 0.25) is 5.91 Å². The van der Waals surface area contributed by atoms with Crippen molar-refractivity contribution in [2.24, 2.45) is 21.4 Å². The molecule has 4 rings (SSSR count). The average Bonchev–Trinajstić information content (AvgIpc) is 3.06. The number of rotatable bonds is 4. The van der Waals surface area contributed by atoms with Crippen molar-refractivity contribution >= 4 is 46.5 Å². The summed E-state index contributed by atoms with van der Waals surface area (Å²) in [6, 6.07) is 13.8. The number of anilines is 1. The van der Waals surface area contributed by atoms with Crippen molar-refractivity contribution in [3.8, 4) is 0 Å². The molecule has 2 aliphatic carbocycles. The van der Waals surface area contributed by atoms with Crippen molar-refractivity contribution in [1.82, 2.24) is 0 Å². The molecule has 2 bridgehead atoms. The van der Waals surface area contributed by atoms with Crippen molar-refractivity contribution in [3.05, 3.63) is 64.1 Å². The number of nitrogens with one attached hydrogen (secondary N) is 1. The van der Waals surface area contributed by atoms with Gasteiger partial charge in [0.25, 0.3) is 0 Å². The number of nitrogens with zero attached hydrogens (tertiary/aromatic N) is 1. The third-order valence-electron chi connectivity index (χ3n) is 7.62. The Bertz CT molecular complexity index is 1060. The van der Waals surface area contributed by atoms with Crippen LogP contribution in [0.5, 0.6) is 0 Å². The van der Waals surface area contributed by atoms with Gasteiger partial charge in [0.05, 0.1) is 32.4 Å². The molecule has 5 nitrogen and oxygen atoms in total. The molecule has 2 saturated carbocycles. The van der Waals surface area contributed by atoms with E-state index in [1.54, 1.807) is 42.5 Å². The van der Waals surface area contributed by atoms with E-state index in [4.69, 9.17) is 28.0 Å². The number of hydrogen-bond donors (Lipinski definition) is 1. The Hall–Kier alpha value is -2.37. The molecule has 2 aromatic carbocycles. The number of hydrogen-bond acceptors (Lipinski definition) is 4. The zero-order chi connectivity index (χ0) is 22.4. The summed E-state index contributed by atoms with van der Waals surface area (Å²) < 4.78 is 0. The molecular formula is C24H24Cl2N2O3. The molecule has 2 unspecified atom stereocenters. The highest BCUT2D eigenvalue weighted by Crippen LogP contribution is 2.71. The van der Waals surface area contributed by atoms with Crippen molar-refractivity contribution in [1.29, 1.82) is 0 Å². The average molecular weight is 459 g/mol. The van der Waals surface area contributed by atoms with E-state index < -0.39 is 16.8 Å². The smallest absolute Gasteiger partial charge is 0.323 e. The van der Waals surface area contributed by atoms with Crippen molar-refractivity contribution in [3.63, 3.8) is 0 Å². The lowest BCUT2D eigenvalue weighted by atomic mass is 9.64. The molecule has 162 valence electrons. The second kappa shape index (κ2) is 7.64. The maximum Gasteiger partial charge on any atom is 0.365 e. The highest BCUT2D eigenvalue weighted by molar-refractivity contribution is 6.39. The van der Waals surface area contributed by atoms with Gasteiger partial charge in [0.1, 0.15) is 0 Å². The van der Waals surface area contributed by atoms with Crippen LogP contribution in [0.4, 0.5) is 5.69 Å². The molecule has 0 spiro atoms. The predicted molar refractivity (Wildman–Crippen MR) is 123 cm³/mol. The summed E-state index contributed by atoms with van der Waals surface area (Å²) >= 11 is 12.5. The molecule has 1 amide bonds. The summed E-state index contributed by atoms with van der Waals surface area (Å²) in [5, 5.41) is 7.99. The second-order valence-electron chi connectivity index (χ2n) is 9.05. The van der Waals surface area contributed by atoms with Gasteiger partial charge in [0.15, 0.2) is 0 Å². The molecule has 0 aromatic heterocycles. The van der Waals surface area contributed by atoms with Crippen molar-refractivity contribution in [2.45, 2.75) is 40.0 Å². The summed E-state index contributed by atoms with van der Waals surface area (Å²) in [4.78, 5) is 31.2. The molecule has 2 aromatic rings. The summed E-state index contributed by atoms with van der Waals surface area (Å²) in [6.07, 6.45) is 1.88. The molecule has 0 heterocycles. The lowest BCUT2D eigenvalue weighted by Gasteiger charge is -2.39. The largest absolute Gasteiger partial charge is 0.365 e. The number of benzene rings is 2. The first-order valence-corrected chi connectivity index (χ1v) is 11.0. The highest BCUT2D eigenvalue weighted by Gasteiger charge is 2.71. The van der Waals surface area contributed by atoms with Crippen LogP contribution in [-0.2, 0) is 9.63 Å². The molecule has 31 heavy (non-hydrogen) atoms. The van der Waals surface area contributed by atoms with Crippen LogP contribution < -0.4 is 5.32 Å². The number of carbonyl (C=O) groups excluding carboxylic acids is 2. The second-order valence-corrected chi connectivity index (χ2v) is 9.86. The summed E-state index contributed by atoms with van der Waals surface area (Å²) in [5.74, 6) is -0.658. The van der Waals surface area contributed by atoms with Gasteiger partial charge in [-0.1, -0.05) is 73.4 Å². The zero-order valence-electron chi connectivity index (χ0n) is 17.7. The summed E-state index contributed by atoms with van der Waals surface area (Å²) in [6.45, 7) is 6.25. The van der Waals surface area contributed by atoms with E-state index in [1.165, 1.54) is 0 Å². The Balaban J connectivity index is 1.62. The molecular weight excluding hydrogens is 435 g/mol. The van der Waals surface area contributed by atoms with E-state index in [0.717, 1.165) is 12.1 Å². The van der Waals surface area contributed by atoms with Crippen LogP contribution in [-0.4, -0.2) is 17.6 Å². The highest BCUT2D eigenvalue weighted by atomic mass is 35.5. The van der Waals surface area contributed by atoms with Gasteiger partial charge < -0.3 is 10.2 Å². The number of amides is 1. The van der Waals surface area contributed by atoms with Crippen LogP contribution in [0.3, 0.4) is 0 Å². The Morgan fingerprint density at radius 3 is 2.26 bits per heavy atom. The monoisotopic (exact) mass is 458 g/mol.